The molecule has 3 N–H and O–H groups in total. The molecule has 1 saturated heterocycles. The highest BCUT2D eigenvalue weighted by Crippen LogP contribution is 2.40. The molecule has 5 rings (SSSR count). The van der Waals surface area contributed by atoms with Crippen molar-refractivity contribution in [3.05, 3.63) is 66.2 Å². The van der Waals surface area contributed by atoms with E-state index in [1.54, 1.807) is 42.1 Å². The Morgan fingerprint density at radius 2 is 1.88 bits per heavy atom. The number of alkyl halides is 3. The molecular weight excluding hydrogens is 564 g/mol. The molecule has 1 aliphatic rings. The van der Waals surface area contributed by atoms with Gasteiger partial charge in [-0.3, -0.25) is 4.72 Å². The maximum atomic E-state index is 14.7. The van der Waals surface area contributed by atoms with Crippen LogP contribution in [0.15, 0.2) is 54.9 Å². The predicted octanol–water partition coefficient (Wildman–Crippen LogP) is 5.40. The van der Waals surface area contributed by atoms with Gasteiger partial charge in [-0.1, -0.05) is 12.1 Å². The predicted molar refractivity (Wildman–Crippen MR) is 147 cm³/mol. The lowest BCUT2D eigenvalue weighted by Crippen LogP contribution is -2.38. The van der Waals surface area contributed by atoms with Crippen molar-refractivity contribution in [1.29, 1.82) is 0 Å². The van der Waals surface area contributed by atoms with Crippen LogP contribution in [-0.2, 0) is 10.0 Å². The normalized spacial score (nSPS) is 16.0. The minimum absolute atomic E-state index is 0.0171. The molecule has 1 atom stereocenters. The molecule has 14 heteroatoms. The number of hydrogen-bond acceptors (Lipinski definition) is 8. The van der Waals surface area contributed by atoms with Gasteiger partial charge in [-0.15, -0.1) is 0 Å². The van der Waals surface area contributed by atoms with Gasteiger partial charge in [-0.05, 0) is 62.2 Å². The zero-order chi connectivity index (χ0) is 29.2. The number of piperidine rings is 1. The summed E-state index contributed by atoms with van der Waals surface area (Å²) in [7, 11) is -4.94. The number of pyridine rings is 1. The smallest absolute Gasteiger partial charge is 0.404 e. The van der Waals surface area contributed by atoms with Crippen LogP contribution in [0, 0.1) is 12.7 Å². The van der Waals surface area contributed by atoms with E-state index in [1.165, 1.54) is 18.3 Å². The summed E-state index contributed by atoms with van der Waals surface area (Å²) in [6.45, 7) is 3.49. The van der Waals surface area contributed by atoms with Gasteiger partial charge in [-0.2, -0.15) is 13.2 Å². The van der Waals surface area contributed by atoms with Crippen LogP contribution < -0.4 is 20.1 Å². The average molecular weight is 591 g/mol. The Morgan fingerprint density at radius 1 is 1.07 bits per heavy atom. The Kier molecular flexibility index (Phi) is 7.95. The quantitative estimate of drug-likeness (QED) is 0.234. The number of rotatable bonds is 8. The van der Waals surface area contributed by atoms with Gasteiger partial charge in [-0.25, -0.2) is 27.8 Å². The summed E-state index contributed by atoms with van der Waals surface area (Å²) in [5.41, 5.74) is 1.05. The van der Waals surface area contributed by atoms with Crippen LogP contribution in [0.25, 0.3) is 22.0 Å². The fraction of sp³-hybridized carbons (Fsp3) is 0.296. The third kappa shape index (κ3) is 6.82. The number of anilines is 2. The summed E-state index contributed by atoms with van der Waals surface area (Å²) in [6, 6.07) is 10.6. The number of halogens is 4. The van der Waals surface area contributed by atoms with E-state index >= 15 is 0 Å². The molecular formula is C27H26F4N6O3S. The van der Waals surface area contributed by atoms with Gasteiger partial charge in [0, 0.05) is 35.8 Å². The number of nitrogens with one attached hydrogen (secondary N) is 3. The van der Waals surface area contributed by atoms with E-state index in [-0.39, 0.29) is 28.4 Å². The molecule has 0 radical (unpaired) electrons. The van der Waals surface area contributed by atoms with Crippen molar-refractivity contribution in [2.45, 2.75) is 32.0 Å². The third-order valence-electron chi connectivity index (χ3n) is 6.44. The zero-order valence-corrected chi connectivity index (χ0v) is 22.6. The Morgan fingerprint density at radius 3 is 2.63 bits per heavy atom. The number of benzene rings is 2. The van der Waals surface area contributed by atoms with E-state index in [4.69, 9.17) is 4.74 Å². The summed E-state index contributed by atoms with van der Waals surface area (Å²) >= 11 is 0. The van der Waals surface area contributed by atoms with Gasteiger partial charge in [0.2, 0.25) is 21.9 Å². The Labute approximate surface area is 233 Å². The minimum Gasteiger partial charge on any atom is -0.437 e. The molecule has 0 aliphatic carbocycles. The van der Waals surface area contributed by atoms with Crippen LogP contribution in [0.5, 0.6) is 11.6 Å². The molecule has 0 unspecified atom stereocenters. The second kappa shape index (κ2) is 11.4. The van der Waals surface area contributed by atoms with Crippen molar-refractivity contribution in [2.24, 2.45) is 0 Å². The standard InChI is InChI=1S/C27H26F4N6O3S/c1-16-6-7-18-19(8-9-21(28)23(18)37-41(38,39)15-27(29,30)31)24(16)40-25-20(5-3-12-33-25)22-10-13-34-26(36-22)35-17-4-2-11-32-14-17/h3,5-10,12-13,17,32,37H,2,4,11,14-15H2,1H3,(H,34,35,36)/t17-/m0/s1. The average Bonchev–Trinajstić information content (AvgIpc) is 2.91. The molecule has 0 spiro atoms. The summed E-state index contributed by atoms with van der Waals surface area (Å²) in [5.74, 6) is -2.37. The number of aryl methyl sites for hydroxylation is 1. The van der Waals surface area contributed by atoms with Crippen LogP contribution in [0.4, 0.5) is 29.2 Å². The van der Waals surface area contributed by atoms with Crippen LogP contribution in [0.1, 0.15) is 18.4 Å². The summed E-state index contributed by atoms with van der Waals surface area (Å²) in [5, 5.41) is 6.94. The van der Waals surface area contributed by atoms with Crippen molar-refractivity contribution in [3.63, 3.8) is 0 Å². The van der Waals surface area contributed by atoms with E-state index < -0.39 is 33.5 Å². The molecule has 41 heavy (non-hydrogen) atoms. The molecule has 4 aromatic rings. The zero-order valence-electron chi connectivity index (χ0n) is 21.8. The largest absolute Gasteiger partial charge is 0.437 e. The number of fused-ring (bicyclic) bond motifs is 1. The summed E-state index contributed by atoms with van der Waals surface area (Å²) < 4.78 is 85.4. The van der Waals surface area contributed by atoms with Crippen molar-refractivity contribution in [2.75, 3.05) is 28.9 Å². The third-order valence-corrected chi connectivity index (χ3v) is 7.66. The summed E-state index contributed by atoms with van der Waals surface area (Å²) in [6.07, 6.45) is 0.151. The number of sulfonamides is 1. The topological polar surface area (TPSA) is 118 Å². The lowest BCUT2D eigenvalue weighted by molar-refractivity contribution is -0.106. The molecule has 0 saturated carbocycles. The maximum Gasteiger partial charge on any atom is 0.404 e. The Balaban J connectivity index is 1.50. The molecule has 216 valence electrons. The highest BCUT2D eigenvalue weighted by Gasteiger charge is 2.36. The van der Waals surface area contributed by atoms with E-state index in [1.807, 2.05) is 0 Å². The van der Waals surface area contributed by atoms with Gasteiger partial charge in [0.25, 0.3) is 0 Å². The van der Waals surface area contributed by atoms with Crippen molar-refractivity contribution < 1.29 is 30.7 Å². The SMILES string of the molecule is Cc1ccc2c(NS(=O)(=O)CC(F)(F)F)c(F)ccc2c1Oc1ncccc1-c1ccnc(N[C@H]2CCCNC2)n1. The Bertz CT molecular complexity index is 1680. The van der Waals surface area contributed by atoms with Gasteiger partial charge >= 0.3 is 6.18 Å². The number of hydrogen-bond donors (Lipinski definition) is 3. The molecule has 0 amide bonds. The van der Waals surface area contributed by atoms with Gasteiger partial charge in [0.1, 0.15) is 11.6 Å². The number of ether oxygens (including phenoxy) is 1. The van der Waals surface area contributed by atoms with Crippen molar-refractivity contribution in [3.8, 4) is 22.9 Å². The first kappa shape index (κ1) is 28.5. The lowest BCUT2D eigenvalue weighted by Gasteiger charge is -2.23. The first-order valence-electron chi connectivity index (χ1n) is 12.7. The number of aromatic nitrogens is 3. The minimum atomic E-state index is -5.00. The van der Waals surface area contributed by atoms with Crippen molar-refractivity contribution >= 4 is 32.4 Å². The Hall–Kier alpha value is -4.04. The lowest BCUT2D eigenvalue weighted by atomic mass is 10.0. The second-order valence-corrected chi connectivity index (χ2v) is 11.3. The van der Waals surface area contributed by atoms with Crippen molar-refractivity contribution in [1.82, 2.24) is 20.3 Å². The molecule has 3 heterocycles. The molecule has 1 aliphatic heterocycles. The van der Waals surface area contributed by atoms with E-state index in [0.29, 0.717) is 22.8 Å². The van der Waals surface area contributed by atoms with Crippen LogP contribution in [0.3, 0.4) is 0 Å². The fourth-order valence-corrected chi connectivity index (χ4v) is 5.63. The van der Waals surface area contributed by atoms with E-state index in [9.17, 15) is 26.0 Å². The van der Waals surface area contributed by atoms with Crippen LogP contribution in [0.2, 0.25) is 0 Å². The summed E-state index contributed by atoms with van der Waals surface area (Å²) in [4.78, 5) is 13.3. The molecule has 2 aromatic heterocycles. The second-order valence-electron chi connectivity index (χ2n) is 9.62. The first-order chi connectivity index (χ1) is 19.5. The first-order valence-corrected chi connectivity index (χ1v) is 14.4. The monoisotopic (exact) mass is 590 g/mol. The van der Waals surface area contributed by atoms with Gasteiger partial charge in [0.15, 0.2) is 5.75 Å². The van der Waals surface area contributed by atoms with E-state index in [2.05, 4.69) is 25.6 Å². The van der Waals surface area contributed by atoms with Gasteiger partial charge < -0.3 is 15.4 Å². The number of nitrogens with zero attached hydrogens (tertiary/aromatic N) is 3. The molecule has 9 nitrogen and oxygen atoms in total. The van der Waals surface area contributed by atoms with Gasteiger partial charge in [0.05, 0.1) is 16.9 Å². The molecule has 2 aromatic carbocycles. The molecule has 1 fully saturated rings. The fourth-order valence-electron chi connectivity index (χ4n) is 4.61. The van der Waals surface area contributed by atoms with Crippen LogP contribution >= 0.6 is 0 Å². The highest BCUT2D eigenvalue weighted by atomic mass is 32.2. The maximum absolute atomic E-state index is 14.7. The highest BCUT2D eigenvalue weighted by molar-refractivity contribution is 7.92. The molecule has 0 bridgehead atoms. The van der Waals surface area contributed by atoms with E-state index in [0.717, 1.165) is 32.0 Å². The van der Waals surface area contributed by atoms with Crippen LogP contribution in [-0.4, -0.2) is 54.4 Å².